The largest absolute Gasteiger partial charge is 0.481 e. The second kappa shape index (κ2) is 6.05. The maximum absolute atomic E-state index is 12.5. The number of carboxylic acid groups (broad SMARTS) is 1. The Hall–Kier alpha value is -3.15. The molecule has 1 amide bonds. The first kappa shape index (κ1) is 15.4. The standard InChI is InChI=1S/C19H17N3O3/c23-18(21-10-9-14(11-21)19(24)25)13-5-7-15(8-6-13)22-12-20-16-3-1-2-4-17(16)22/h1-8,12,14H,9-11H2,(H,24,25). The van der Waals surface area contributed by atoms with Crippen molar-refractivity contribution in [1.82, 2.24) is 14.5 Å². The summed E-state index contributed by atoms with van der Waals surface area (Å²) in [4.78, 5) is 29.6. The number of hydrogen-bond acceptors (Lipinski definition) is 3. The third-order valence-corrected chi connectivity index (χ3v) is 4.67. The molecule has 0 aliphatic carbocycles. The highest BCUT2D eigenvalue weighted by Crippen LogP contribution is 2.21. The minimum atomic E-state index is -0.836. The molecule has 2 heterocycles. The normalized spacial score (nSPS) is 17.1. The number of imidazole rings is 1. The van der Waals surface area contributed by atoms with Crippen LogP contribution in [0.5, 0.6) is 0 Å². The maximum Gasteiger partial charge on any atom is 0.308 e. The van der Waals surface area contributed by atoms with Crippen molar-refractivity contribution in [1.29, 1.82) is 0 Å². The first-order chi connectivity index (χ1) is 12.1. The van der Waals surface area contributed by atoms with Gasteiger partial charge >= 0.3 is 5.97 Å². The number of fused-ring (bicyclic) bond motifs is 1. The molecule has 1 N–H and O–H groups in total. The van der Waals surface area contributed by atoms with E-state index >= 15 is 0 Å². The van der Waals surface area contributed by atoms with Crippen molar-refractivity contribution in [2.75, 3.05) is 13.1 Å². The van der Waals surface area contributed by atoms with E-state index in [-0.39, 0.29) is 12.5 Å². The molecule has 0 radical (unpaired) electrons. The van der Waals surface area contributed by atoms with Crippen LogP contribution in [-0.4, -0.2) is 44.5 Å². The number of nitrogens with zero attached hydrogens (tertiary/aromatic N) is 3. The Balaban J connectivity index is 1.56. The molecular formula is C19H17N3O3. The minimum absolute atomic E-state index is 0.120. The van der Waals surface area contributed by atoms with Gasteiger partial charge in [-0.25, -0.2) is 4.98 Å². The first-order valence-electron chi connectivity index (χ1n) is 8.18. The molecule has 1 aliphatic heterocycles. The summed E-state index contributed by atoms with van der Waals surface area (Å²) in [5.41, 5.74) is 3.42. The van der Waals surface area contributed by atoms with Gasteiger partial charge in [0.2, 0.25) is 0 Å². The van der Waals surface area contributed by atoms with E-state index in [1.165, 1.54) is 0 Å². The number of para-hydroxylation sites is 2. The van der Waals surface area contributed by atoms with Crippen LogP contribution in [-0.2, 0) is 4.79 Å². The summed E-state index contributed by atoms with van der Waals surface area (Å²) < 4.78 is 1.97. The van der Waals surface area contributed by atoms with Gasteiger partial charge in [0.05, 0.1) is 17.0 Å². The topological polar surface area (TPSA) is 75.4 Å². The van der Waals surface area contributed by atoms with Crippen molar-refractivity contribution in [3.05, 3.63) is 60.4 Å². The molecule has 126 valence electrons. The van der Waals surface area contributed by atoms with Crippen LogP contribution in [0.4, 0.5) is 0 Å². The van der Waals surface area contributed by atoms with Gasteiger partial charge in [-0.1, -0.05) is 12.1 Å². The highest BCUT2D eigenvalue weighted by atomic mass is 16.4. The molecule has 1 unspecified atom stereocenters. The van der Waals surface area contributed by atoms with E-state index < -0.39 is 11.9 Å². The van der Waals surface area contributed by atoms with Gasteiger partial charge in [-0.05, 0) is 42.8 Å². The molecule has 3 aromatic rings. The zero-order chi connectivity index (χ0) is 17.4. The minimum Gasteiger partial charge on any atom is -0.481 e. The average molecular weight is 335 g/mol. The average Bonchev–Trinajstić information content (AvgIpc) is 3.29. The molecule has 1 aliphatic rings. The van der Waals surface area contributed by atoms with Gasteiger partial charge in [0.1, 0.15) is 6.33 Å². The number of likely N-dealkylation sites (tertiary alicyclic amines) is 1. The third-order valence-electron chi connectivity index (χ3n) is 4.67. The lowest BCUT2D eigenvalue weighted by Gasteiger charge is -2.16. The number of aliphatic carboxylic acids is 1. The zero-order valence-corrected chi connectivity index (χ0v) is 13.5. The van der Waals surface area contributed by atoms with Crippen LogP contribution in [0.3, 0.4) is 0 Å². The van der Waals surface area contributed by atoms with E-state index in [4.69, 9.17) is 5.11 Å². The number of aromatic nitrogens is 2. The highest BCUT2D eigenvalue weighted by molar-refractivity contribution is 5.95. The summed E-state index contributed by atoms with van der Waals surface area (Å²) in [7, 11) is 0. The SMILES string of the molecule is O=C(O)C1CCN(C(=O)c2ccc(-n3cnc4ccccc43)cc2)C1. The van der Waals surface area contributed by atoms with Crippen LogP contribution < -0.4 is 0 Å². The summed E-state index contributed by atoms with van der Waals surface area (Å²) in [6.45, 7) is 0.770. The molecule has 1 fully saturated rings. The van der Waals surface area contributed by atoms with Crippen LogP contribution in [0.15, 0.2) is 54.9 Å². The Labute approximate surface area is 144 Å². The molecule has 1 saturated heterocycles. The first-order valence-corrected chi connectivity index (χ1v) is 8.18. The summed E-state index contributed by atoms with van der Waals surface area (Å²) in [6, 6.07) is 15.2. The molecule has 1 aromatic heterocycles. The lowest BCUT2D eigenvalue weighted by molar-refractivity contribution is -0.141. The maximum atomic E-state index is 12.5. The molecule has 6 heteroatoms. The number of carbonyl (C=O) groups excluding carboxylic acids is 1. The lowest BCUT2D eigenvalue weighted by atomic mass is 10.1. The summed E-state index contributed by atoms with van der Waals surface area (Å²) in [5.74, 6) is -1.41. The Morgan fingerprint density at radius 2 is 1.84 bits per heavy atom. The highest BCUT2D eigenvalue weighted by Gasteiger charge is 2.31. The fourth-order valence-corrected chi connectivity index (χ4v) is 3.26. The Bertz CT molecular complexity index is 946. The predicted octanol–water partition coefficient (Wildman–Crippen LogP) is 2.57. The fraction of sp³-hybridized carbons (Fsp3) is 0.211. The van der Waals surface area contributed by atoms with E-state index in [1.807, 2.05) is 41.0 Å². The van der Waals surface area contributed by atoms with Crippen molar-refractivity contribution in [3.63, 3.8) is 0 Å². The van der Waals surface area contributed by atoms with Crippen molar-refractivity contribution in [3.8, 4) is 5.69 Å². The Kier molecular flexibility index (Phi) is 3.72. The lowest BCUT2D eigenvalue weighted by Crippen LogP contribution is -2.29. The monoisotopic (exact) mass is 335 g/mol. The van der Waals surface area contributed by atoms with E-state index in [0.29, 0.717) is 18.5 Å². The van der Waals surface area contributed by atoms with Gasteiger partial charge in [-0.3, -0.25) is 14.2 Å². The number of hydrogen-bond donors (Lipinski definition) is 1. The molecule has 1 atom stereocenters. The molecule has 0 bridgehead atoms. The number of benzene rings is 2. The van der Waals surface area contributed by atoms with E-state index in [9.17, 15) is 9.59 Å². The van der Waals surface area contributed by atoms with Crippen LogP contribution in [0.1, 0.15) is 16.8 Å². The quantitative estimate of drug-likeness (QED) is 0.798. The van der Waals surface area contributed by atoms with Crippen molar-refractivity contribution >= 4 is 22.9 Å². The summed E-state index contributed by atoms with van der Waals surface area (Å²) in [6.07, 6.45) is 2.28. The van der Waals surface area contributed by atoms with Crippen LogP contribution >= 0.6 is 0 Å². The number of carboxylic acids is 1. The summed E-state index contributed by atoms with van der Waals surface area (Å²) >= 11 is 0. The second-order valence-corrected chi connectivity index (χ2v) is 6.23. The number of rotatable bonds is 3. The Morgan fingerprint density at radius 1 is 1.08 bits per heavy atom. The molecule has 2 aromatic carbocycles. The molecule has 25 heavy (non-hydrogen) atoms. The van der Waals surface area contributed by atoms with Gasteiger partial charge in [0.15, 0.2) is 0 Å². The molecular weight excluding hydrogens is 318 g/mol. The van der Waals surface area contributed by atoms with Crippen molar-refractivity contribution < 1.29 is 14.7 Å². The van der Waals surface area contributed by atoms with E-state index in [1.54, 1.807) is 23.4 Å². The van der Waals surface area contributed by atoms with Gasteiger partial charge in [-0.2, -0.15) is 0 Å². The zero-order valence-electron chi connectivity index (χ0n) is 13.5. The third kappa shape index (κ3) is 2.76. The fourth-order valence-electron chi connectivity index (χ4n) is 3.26. The van der Waals surface area contributed by atoms with Crippen molar-refractivity contribution in [2.24, 2.45) is 5.92 Å². The van der Waals surface area contributed by atoms with Gasteiger partial charge in [0, 0.05) is 24.3 Å². The van der Waals surface area contributed by atoms with E-state index in [2.05, 4.69) is 4.98 Å². The van der Waals surface area contributed by atoms with Crippen molar-refractivity contribution in [2.45, 2.75) is 6.42 Å². The van der Waals surface area contributed by atoms with E-state index in [0.717, 1.165) is 16.7 Å². The predicted molar refractivity (Wildman–Crippen MR) is 92.7 cm³/mol. The Morgan fingerprint density at radius 3 is 2.56 bits per heavy atom. The van der Waals surface area contributed by atoms with Crippen LogP contribution in [0.25, 0.3) is 16.7 Å². The van der Waals surface area contributed by atoms with Gasteiger partial charge in [0.25, 0.3) is 5.91 Å². The summed E-state index contributed by atoms with van der Waals surface area (Å²) in [5, 5.41) is 9.07. The molecule has 0 saturated carbocycles. The smallest absolute Gasteiger partial charge is 0.308 e. The second-order valence-electron chi connectivity index (χ2n) is 6.23. The van der Waals surface area contributed by atoms with Gasteiger partial charge < -0.3 is 10.0 Å². The van der Waals surface area contributed by atoms with Gasteiger partial charge in [-0.15, -0.1) is 0 Å². The number of carbonyl (C=O) groups is 2. The number of amides is 1. The van der Waals surface area contributed by atoms with Crippen LogP contribution in [0.2, 0.25) is 0 Å². The molecule has 0 spiro atoms. The van der Waals surface area contributed by atoms with Crippen LogP contribution in [0, 0.1) is 5.92 Å². The molecule has 6 nitrogen and oxygen atoms in total. The molecule has 4 rings (SSSR count).